The second kappa shape index (κ2) is 8.38. The first kappa shape index (κ1) is 16.2. The lowest BCUT2D eigenvalue weighted by Gasteiger charge is -2.23. The molecule has 0 aliphatic rings. The molecule has 19 heavy (non-hydrogen) atoms. The maximum atomic E-state index is 11.2. The van der Waals surface area contributed by atoms with Gasteiger partial charge in [0.05, 0.1) is 0 Å². The van der Waals surface area contributed by atoms with Gasteiger partial charge in [-0.25, -0.2) is 5.01 Å². The van der Waals surface area contributed by atoms with E-state index in [0.717, 1.165) is 17.5 Å². The molecule has 106 valence electrons. The number of nitrogens with zero attached hydrogens (tertiary/aromatic N) is 1. The van der Waals surface area contributed by atoms with Crippen molar-refractivity contribution in [2.24, 2.45) is 5.84 Å². The molecule has 0 spiro atoms. The number of aliphatic carboxylic acids is 1. The van der Waals surface area contributed by atoms with E-state index in [1.165, 1.54) is 5.01 Å². The summed E-state index contributed by atoms with van der Waals surface area (Å²) in [6, 6.07) is 6.96. The Morgan fingerprint density at radius 1 is 1.32 bits per heavy atom. The molecule has 0 aliphatic carbocycles. The first-order valence-corrected chi connectivity index (χ1v) is 7.09. The summed E-state index contributed by atoms with van der Waals surface area (Å²) in [5.74, 6) is 5.61. The predicted octanol–water partition coefficient (Wildman–Crippen LogP) is 1.88. The van der Waals surface area contributed by atoms with Gasteiger partial charge in [-0.1, -0.05) is 24.3 Å². The van der Waals surface area contributed by atoms with Crippen LogP contribution in [0.1, 0.15) is 11.1 Å². The van der Waals surface area contributed by atoms with Gasteiger partial charge in [0.1, 0.15) is 6.04 Å². The molecular weight excluding hydrogens is 287 g/mol. The van der Waals surface area contributed by atoms with Crippen molar-refractivity contribution in [1.82, 2.24) is 5.01 Å². The number of hydrogen-bond acceptors (Lipinski definition) is 3. The van der Waals surface area contributed by atoms with Crippen LogP contribution in [0.3, 0.4) is 0 Å². The lowest BCUT2D eigenvalue weighted by Crippen LogP contribution is -2.48. The Bertz CT molecular complexity index is 415. The molecule has 1 aromatic rings. The summed E-state index contributed by atoms with van der Waals surface area (Å²) in [5, 5.41) is 10.5. The second-order valence-electron chi connectivity index (χ2n) is 4.24. The van der Waals surface area contributed by atoms with Crippen molar-refractivity contribution in [2.75, 3.05) is 18.3 Å². The van der Waals surface area contributed by atoms with Crippen LogP contribution in [0.15, 0.2) is 24.3 Å². The monoisotopic (exact) mass is 304 g/mol. The number of aryl methyl sites for hydroxylation is 1. The molecule has 1 atom stereocenters. The third-order valence-electron chi connectivity index (χ3n) is 2.83. The maximum Gasteiger partial charge on any atom is 0.322 e. The first-order chi connectivity index (χ1) is 9.08. The highest BCUT2D eigenvalue weighted by molar-refractivity contribution is 6.18. The Kier molecular flexibility index (Phi) is 7.16. The molecular formula is C13H18Cl2N2O2. The molecule has 0 amide bonds. The lowest BCUT2D eigenvalue weighted by molar-refractivity contribution is -0.143. The molecule has 0 heterocycles. The Balaban J connectivity index is 2.78. The van der Waals surface area contributed by atoms with E-state index >= 15 is 0 Å². The highest BCUT2D eigenvalue weighted by Crippen LogP contribution is 2.11. The Morgan fingerprint density at radius 2 is 2.00 bits per heavy atom. The van der Waals surface area contributed by atoms with Crippen molar-refractivity contribution >= 4 is 29.2 Å². The fourth-order valence-corrected chi connectivity index (χ4v) is 2.26. The number of nitrogens with two attached hydrogens (primary N) is 1. The average Bonchev–Trinajstić information content (AvgIpc) is 2.36. The number of carboxylic acids is 1. The number of hydrogen-bond donors (Lipinski definition) is 2. The number of alkyl halides is 2. The van der Waals surface area contributed by atoms with Gasteiger partial charge in [0.25, 0.3) is 0 Å². The van der Waals surface area contributed by atoms with E-state index in [1.54, 1.807) is 0 Å². The van der Waals surface area contributed by atoms with E-state index in [-0.39, 0.29) is 0 Å². The van der Waals surface area contributed by atoms with Crippen molar-refractivity contribution in [2.45, 2.75) is 18.9 Å². The molecule has 3 N–H and O–H groups in total. The second-order valence-corrected chi connectivity index (χ2v) is 5.00. The maximum absolute atomic E-state index is 11.2. The van der Waals surface area contributed by atoms with Crippen LogP contribution in [0.4, 0.5) is 0 Å². The minimum atomic E-state index is -0.949. The summed E-state index contributed by atoms with van der Waals surface area (Å²) < 4.78 is 0. The van der Waals surface area contributed by atoms with Crippen LogP contribution in [-0.4, -0.2) is 40.4 Å². The van der Waals surface area contributed by atoms with E-state index in [2.05, 4.69) is 0 Å². The Hall–Kier alpha value is -0.810. The van der Waals surface area contributed by atoms with Gasteiger partial charge >= 0.3 is 5.97 Å². The standard InChI is InChI=1S/C13H18Cl2N2O2/c14-5-4-10-2-1-3-11(8-10)9-12(13(18)19)17(16)7-6-15/h1-3,8,12H,4-7,9,16H2,(H,18,19)/t12-/m0/s1. The minimum Gasteiger partial charge on any atom is -0.480 e. The van der Waals surface area contributed by atoms with E-state index in [0.29, 0.717) is 24.7 Å². The SMILES string of the molecule is NN(CCCl)[C@@H](Cc1cccc(CCCl)c1)C(=O)O. The number of carbonyl (C=O) groups is 1. The van der Waals surface area contributed by atoms with Gasteiger partial charge in [-0.2, -0.15) is 0 Å². The van der Waals surface area contributed by atoms with E-state index < -0.39 is 12.0 Å². The summed E-state index contributed by atoms with van der Waals surface area (Å²) in [5.41, 5.74) is 2.03. The largest absolute Gasteiger partial charge is 0.480 e. The van der Waals surface area contributed by atoms with Gasteiger partial charge in [-0.05, 0) is 24.0 Å². The van der Waals surface area contributed by atoms with Crippen molar-refractivity contribution in [3.05, 3.63) is 35.4 Å². The molecule has 1 rings (SSSR count). The highest BCUT2D eigenvalue weighted by Gasteiger charge is 2.23. The zero-order chi connectivity index (χ0) is 14.3. The van der Waals surface area contributed by atoms with Crippen LogP contribution in [0.25, 0.3) is 0 Å². The van der Waals surface area contributed by atoms with Gasteiger partial charge in [-0.3, -0.25) is 10.6 Å². The Labute approximate surface area is 123 Å². The average molecular weight is 305 g/mol. The zero-order valence-corrected chi connectivity index (χ0v) is 12.1. The number of carboxylic acid groups (broad SMARTS) is 1. The smallest absolute Gasteiger partial charge is 0.322 e. The van der Waals surface area contributed by atoms with Crippen molar-refractivity contribution in [1.29, 1.82) is 0 Å². The summed E-state index contributed by atoms with van der Waals surface area (Å²) >= 11 is 11.3. The quantitative estimate of drug-likeness (QED) is 0.437. The van der Waals surface area contributed by atoms with E-state index in [4.69, 9.17) is 29.0 Å². The van der Waals surface area contributed by atoms with Crippen LogP contribution in [0, 0.1) is 0 Å². The summed E-state index contributed by atoms with van der Waals surface area (Å²) in [6.07, 6.45) is 1.11. The molecule has 0 bridgehead atoms. The molecule has 0 radical (unpaired) electrons. The molecule has 0 saturated carbocycles. The first-order valence-electron chi connectivity index (χ1n) is 6.02. The van der Waals surface area contributed by atoms with E-state index in [9.17, 15) is 9.90 Å². The van der Waals surface area contributed by atoms with Crippen LogP contribution in [0.5, 0.6) is 0 Å². The molecule has 0 fully saturated rings. The van der Waals surface area contributed by atoms with Crippen molar-refractivity contribution in [3.63, 3.8) is 0 Å². The van der Waals surface area contributed by atoms with Gasteiger partial charge < -0.3 is 5.11 Å². The summed E-state index contributed by atoms with van der Waals surface area (Å²) in [6.45, 7) is 0.333. The highest BCUT2D eigenvalue weighted by atomic mass is 35.5. The normalized spacial score (nSPS) is 12.6. The fourth-order valence-electron chi connectivity index (χ4n) is 1.84. The van der Waals surface area contributed by atoms with Gasteiger partial charge in [0.15, 0.2) is 0 Å². The Morgan fingerprint density at radius 3 is 2.58 bits per heavy atom. The predicted molar refractivity (Wildman–Crippen MR) is 77.6 cm³/mol. The molecule has 0 saturated heterocycles. The fraction of sp³-hybridized carbons (Fsp3) is 0.462. The third-order valence-corrected chi connectivity index (χ3v) is 3.19. The third kappa shape index (κ3) is 5.37. The number of hydrazine groups is 1. The topological polar surface area (TPSA) is 66.6 Å². The minimum absolute atomic E-state index is 0.298. The molecule has 0 unspecified atom stereocenters. The molecule has 4 nitrogen and oxygen atoms in total. The van der Waals surface area contributed by atoms with Crippen LogP contribution < -0.4 is 5.84 Å². The van der Waals surface area contributed by atoms with E-state index in [1.807, 2.05) is 24.3 Å². The van der Waals surface area contributed by atoms with Crippen LogP contribution >= 0.6 is 23.2 Å². The van der Waals surface area contributed by atoms with Crippen molar-refractivity contribution in [3.8, 4) is 0 Å². The van der Waals surface area contributed by atoms with Crippen LogP contribution in [-0.2, 0) is 17.6 Å². The summed E-state index contributed by atoms with van der Waals surface area (Å²) in [7, 11) is 0. The molecule has 1 aromatic carbocycles. The van der Waals surface area contributed by atoms with Crippen molar-refractivity contribution < 1.29 is 9.90 Å². The lowest BCUT2D eigenvalue weighted by atomic mass is 10.0. The summed E-state index contributed by atoms with van der Waals surface area (Å²) in [4.78, 5) is 11.2. The van der Waals surface area contributed by atoms with Gasteiger partial charge in [0.2, 0.25) is 0 Å². The molecule has 0 aliphatic heterocycles. The molecule has 6 heteroatoms. The number of benzene rings is 1. The molecule has 0 aromatic heterocycles. The van der Waals surface area contributed by atoms with Gasteiger partial charge in [0, 0.05) is 18.3 Å². The van der Waals surface area contributed by atoms with Crippen LogP contribution in [0.2, 0.25) is 0 Å². The number of rotatable bonds is 8. The number of halogens is 2. The zero-order valence-electron chi connectivity index (χ0n) is 10.6. The van der Waals surface area contributed by atoms with Gasteiger partial charge in [-0.15, -0.1) is 23.2 Å².